The lowest BCUT2D eigenvalue weighted by atomic mass is 9.99. The molecule has 2 rings (SSSR count). The first kappa shape index (κ1) is 16.5. The number of nitrogens with zero attached hydrogens (tertiary/aromatic N) is 1. The van der Waals surface area contributed by atoms with Gasteiger partial charge in [0.25, 0.3) is 0 Å². The lowest BCUT2D eigenvalue weighted by Gasteiger charge is -2.14. The number of rotatable bonds is 3. The summed E-state index contributed by atoms with van der Waals surface area (Å²) in [5.74, 6) is 0. The number of aromatic nitrogens is 1. The number of hydrogen-bond acceptors (Lipinski definition) is 5. The predicted molar refractivity (Wildman–Crippen MR) is 84.7 cm³/mol. The van der Waals surface area contributed by atoms with Crippen LogP contribution in [0.5, 0.6) is 0 Å². The molecule has 2 aromatic rings. The normalized spacial score (nSPS) is 12.4. The van der Waals surface area contributed by atoms with E-state index in [0.717, 1.165) is 12.4 Å². The number of nitrogens with one attached hydrogen (secondary N) is 2. The Bertz CT molecular complexity index is 837. The lowest BCUT2D eigenvalue weighted by molar-refractivity contribution is -0.0578. The molecule has 0 unspecified atom stereocenters. The van der Waals surface area contributed by atoms with Gasteiger partial charge in [0.05, 0.1) is 11.2 Å². The molecular weight excluding hydrogens is 307 g/mol. The third kappa shape index (κ3) is 2.87. The van der Waals surface area contributed by atoms with Gasteiger partial charge in [0.15, 0.2) is 0 Å². The summed E-state index contributed by atoms with van der Waals surface area (Å²) in [6.45, 7) is 1.67. The summed E-state index contributed by atoms with van der Waals surface area (Å²) in [5.41, 5.74) is 10.7. The average Bonchev–Trinajstić information content (AvgIpc) is 2.47. The molecule has 1 aromatic carbocycles. The van der Waals surface area contributed by atoms with Gasteiger partial charge in [-0.1, -0.05) is 0 Å². The third-order valence-corrected chi connectivity index (χ3v) is 3.39. The highest BCUT2D eigenvalue weighted by Crippen LogP contribution is 2.30. The van der Waals surface area contributed by atoms with Crippen molar-refractivity contribution in [1.82, 2.24) is 4.98 Å². The van der Waals surface area contributed by atoms with Gasteiger partial charge in [-0.3, -0.25) is 5.41 Å². The topological polar surface area (TPSA) is 113 Å². The zero-order chi connectivity index (χ0) is 17.4. The van der Waals surface area contributed by atoms with Gasteiger partial charge in [-0.2, -0.15) is 13.2 Å². The van der Waals surface area contributed by atoms with E-state index in [0.29, 0.717) is 27.7 Å². The van der Waals surface area contributed by atoms with E-state index in [1.807, 2.05) is 0 Å². The Hall–Kier alpha value is -2.90. The van der Waals surface area contributed by atoms with Gasteiger partial charge < -0.3 is 16.9 Å². The van der Waals surface area contributed by atoms with Crippen LogP contribution >= 0.6 is 0 Å². The number of fused-ring (bicyclic) bond motifs is 1. The summed E-state index contributed by atoms with van der Waals surface area (Å²) in [6.07, 6.45) is -3.03. The number of hydrogen-bond donors (Lipinski definition) is 4. The van der Waals surface area contributed by atoms with Crippen molar-refractivity contribution >= 4 is 34.1 Å². The van der Waals surface area contributed by atoms with Gasteiger partial charge >= 0.3 is 6.18 Å². The Labute approximate surface area is 129 Å². The van der Waals surface area contributed by atoms with Crippen LogP contribution in [0, 0.1) is 17.7 Å². The van der Waals surface area contributed by atoms with Gasteiger partial charge in [-0.25, -0.2) is 4.98 Å². The number of halogens is 3. The number of benzene rings is 1. The minimum absolute atomic E-state index is 0.0551. The summed E-state index contributed by atoms with van der Waals surface area (Å²) in [6, 6.07) is 4.48. The summed E-state index contributed by atoms with van der Waals surface area (Å²) in [5, 5.41) is 15.3. The van der Waals surface area contributed by atoms with Crippen LogP contribution in [-0.2, 0) is 0 Å². The third-order valence-electron chi connectivity index (χ3n) is 3.39. The first-order valence-electron chi connectivity index (χ1n) is 6.49. The van der Waals surface area contributed by atoms with E-state index >= 15 is 0 Å². The van der Waals surface area contributed by atoms with Crippen LogP contribution in [0.15, 0.2) is 24.4 Å². The van der Waals surface area contributed by atoms with Crippen molar-refractivity contribution in [2.45, 2.75) is 13.1 Å². The Balaban J connectivity index is 2.72. The molecule has 0 aliphatic carbocycles. The highest BCUT2D eigenvalue weighted by atomic mass is 19.4. The van der Waals surface area contributed by atoms with Crippen LogP contribution in [0.2, 0.25) is 0 Å². The molecule has 120 valence electrons. The molecule has 1 heterocycles. The van der Waals surface area contributed by atoms with Crippen LogP contribution in [0.4, 0.5) is 18.9 Å². The van der Waals surface area contributed by atoms with E-state index in [9.17, 15) is 13.2 Å². The van der Waals surface area contributed by atoms with Crippen LogP contribution in [0.25, 0.3) is 16.5 Å². The predicted octanol–water partition coefficient (Wildman–Crippen LogP) is 3.00. The van der Waals surface area contributed by atoms with Crippen molar-refractivity contribution in [2.24, 2.45) is 5.73 Å². The molecule has 0 aliphatic rings. The molecule has 6 N–H and O–H groups in total. The molecule has 0 saturated carbocycles. The van der Waals surface area contributed by atoms with Crippen LogP contribution in [0.3, 0.4) is 0 Å². The fraction of sp³-hybridized carbons (Fsp3) is 0.133. The molecule has 0 radical (unpaired) electrons. The second-order valence-corrected chi connectivity index (χ2v) is 4.88. The van der Waals surface area contributed by atoms with Crippen molar-refractivity contribution < 1.29 is 13.2 Å². The second kappa shape index (κ2) is 5.71. The van der Waals surface area contributed by atoms with Crippen molar-refractivity contribution in [1.29, 1.82) is 10.8 Å². The maximum atomic E-state index is 12.8. The zero-order valence-corrected chi connectivity index (χ0v) is 12.1. The fourth-order valence-electron chi connectivity index (χ4n) is 2.31. The van der Waals surface area contributed by atoms with E-state index in [1.165, 1.54) is 12.1 Å². The highest BCUT2D eigenvalue weighted by molar-refractivity contribution is 6.24. The molecule has 8 heteroatoms. The largest absolute Gasteiger partial charge is 0.433 e. The number of aryl methyl sites for hydroxylation is 1. The standard InChI is InChI=1S/C15H14F3N5/c1-7-4-12(9(6-20)14(22)15(16,17)18)23-11-3-2-10(21)8(5-19)13(7)11/h2-6,19,22H,20-21H2,1H3/b9-6-,19-5?,22-14?. The van der Waals surface area contributed by atoms with Crippen molar-refractivity contribution in [2.75, 3.05) is 5.73 Å². The van der Waals surface area contributed by atoms with Crippen LogP contribution in [-0.4, -0.2) is 23.1 Å². The van der Waals surface area contributed by atoms with Crippen molar-refractivity contribution in [3.05, 3.63) is 41.2 Å². The average molecular weight is 321 g/mol. The van der Waals surface area contributed by atoms with Crippen LogP contribution < -0.4 is 11.5 Å². The van der Waals surface area contributed by atoms with Gasteiger partial charge in [0.2, 0.25) is 0 Å². The van der Waals surface area contributed by atoms with E-state index in [2.05, 4.69) is 4.98 Å². The molecule has 1 aromatic heterocycles. The maximum Gasteiger partial charge on any atom is 0.433 e. The number of alkyl halides is 3. The molecule has 0 saturated heterocycles. The Morgan fingerprint density at radius 2 is 1.96 bits per heavy atom. The smallest absolute Gasteiger partial charge is 0.404 e. The van der Waals surface area contributed by atoms with Gasteiger partial charge in [0, 0.05) is 34.6 Å². The fourth-order valence-corrected chi connectivity index (χ4v) is 2.31. The van der Waals surface area contributed by atoms with Gasteiger partial charge in [0.1, 0.15) is 5.71 Å². The molecule has 0 amide bonds. The van der Waals surface area contributed by atoms with Crippen molar-refractivity contribution in [3.8, 4) is 0 Å². The summed E-state index contributed by atoms with van der Waals surface area (Å²) in [7, 11) is 0. The zero-order valence-electron chi connectivity index (χ0n) is 12.1. The lowest BCUT2D eigenvalue weighted by Crippen LogP contribution is -2.24. The minimum Gasteiger partial charge on any atom is -0.404 e. The maximum absolute atomic E-state index is 12.8. The van der Waals surface area contributed by atoms with E-state index in [1.54, 1.807) is 13.0 Å². The van der Waals surface area contributed by atoms with Gasteiger partial charge in [-0.15, -0.1) is 0 Å². The summed E-state index contributed by atoms with van der Waals surface area (Å²) >= 11 is 0. The highest BCUT2D eigenvalue weighted by Gasteiger charge is 2.37. The second-order valence-electron chi connectivity index (χ2n) is 4.88. The number of allylic oxidation sites excluding steroid dienone is 1. The van der Waals surface area contributed by atoms with Crippen LogP contribution in [0.1, 0.15) is 16.8 Å². The monoisotopic (exact) mass is 321 g/mol. The molecule has 0 spiro atoms. The quantitative estimate of drug-likeness (QED) is 0.515. The number of nitrogen functional groups attached to an aromatic ring is 1. The van der Waals surface area contributed by atoms with E-state index in [-0.39, 0.29) is 5.69 Å². The van der Waals surface area contributed by atoms with E-state index < -0.39 is 17.5 Å². The Morgan fingerprint density at radius 1 is 1.30 bits per heavy atom. The minimum atomic E-state index is -4.82. The molecule has 0 atom stereocenters. The summed E-state index contributed by atoms with van der Waals surface area (Å²) < 4.78 is 38.3. The Kier molecular flexibility index (Phi) is 4.09. The number of nitrogens with two attached hydrogens (primary N) is 2. The van der Waals surface area contributed by atoms with Gasteiger partial charge in [-0.05, 0) is 30.7 Å². The first-order valence-corrected chi connectivity index (χ1v) is 6.49. The molecule has 0 bridgehead atoms. The SMILES string of the molecule is Cc1cc(/C(=C/N)C(=N)C(F)(F)F)nc2ccc(N)c(C=N)c12. The first-order chi connectivity index (χ1) is 10.7. The molecule has 23 heavy (non-hydrogen) atoms. The molecule has 0 fully saturated rings. The number of pyridine rings is 1. The number of anilines is 1. The molecular formula is C15H14F3N5. The summed E-state index contributed by atoms with van der Waals surface area (Å²) in [4.78, 5) is 4.14. The molecule has 0 aliphatic heterocycles. The molecule has 5 nitrogen and oxygen atoms in total. The van der Waals surface area contributed by atoms with Crippen molar-refractivity contribution in [3.63, 3.8) is 0 Å². The van der Waals surface area contributed by atoms with E-state index in [4.69, 9.17) is 22.3 Å². The Morgan fingerprint density at radius 3 is 2.48 bits per heavy atom.